The first-order valence-corrected chi connectivity index (χ1v) is 5.27. The molecular formula is C11H20O3. The van der Waals surface area contributed by atoms with Crippen molar-refractivity contribution in [1.29, 1.82) is 0 Å². The number of carboxylic acids is 1. The van der Waals surface area contributed by atoms with Gasteiger partial charge in [-0.2, -0.15) is 0 Å². The Labute approximate surface area is 85.5 Å². The van der Waals surface area contributed by atoms with E-state index >= 15 is 0 Å². The van der Waals surface area contributed by atoms with Crippen LogP contribution >= 0.6 is 0 Å². The Balaban J connectivity index is 4.51. The quantitative estimate of drug-likeness (QED) is 0.687. The zero-order valence-electron chi connectivity index (χ0n) is 9.30. The Morgan fingerprint density at radius 2 is 1.64 bits per heavy atom. The van der Waals surface area contributed by atoms with Crippen molar-refractivity contribution in [2.24, 2.45) is 5.41 Å². The molecular weight excluding hydrogens is 180 g/mol. The lowest BCUT2D eigenvalue weighted by Gasteiger charge is -2.25. The van der Waals surface area contributed by atoms with Gasteiger partial charge in [0.15, 0.2) is 0 Å². The summed E-state index contributed by atoms with van der Waals surface area (Å²) in [7, 11) is 0. The maximum atomic E-state index is 11.4. The zero-order chi connectivity index (χ0) is 11.2. The van der Waals surface area contributed by atoms with Gasteiger partial charge in [0.05, 0.1) is 5.41 Å². The van der Waals surface area contributed by atoms with Crippen LogP contribution in [0.25, 0.3) is 0 Å². The number of aliphatic carboxylic acids is 1. The highest BCUT2D eigenvalue weighted by atomic mass is 16.4. The van der Waals surface area contributed by atoms with E-state index in [2.05, 4.69) is 0 Å². The number of carbonyl (C=O) groups is 2. The molecule has 0 spiro atoms. The third-order valence-corrected chi connectivity index (χ3v) is 2.87. The number of carbonyl (C=O) groups excluding carboxylic acids is 1. The Morgan fingerprint density at radius 3 is 1.93 bits per heavy atom. The van der Waals surface area contributed by atoms with Gasteiger partial charge in [0.1, 0.15) is 5.78 Å². The Hall–Kier alpha value is -0.860. The van der Waals surface area contributed by atoms with Crippen LogP contribution in [-0.2, 0) is 9.59 Å². The van der Waals surface area contributed by atoms with Crippen LogP contribution in [0.3, 0.4) is 0 Å². The van der Waals surface area contributed by atoms with Gasteiger partial charge in [0.25, 0.3) is 0 Å². The van der Waals surface area contributed by atoms with Gasteiger partial charge < -0.3 is 5.11 Å². The molecule has 3 heteroatoms. The minimum atomic E-state index is -0.841. The average molecular weight is 200 g/mol. The van der Waals surface area contributed by atoms with Gasteiger partial charge in [-0.1, -0.05) is 20.8 Å². The zero-order valence-corrected chi connectivity index (χ0v) is 9.30. The molecule has 0 rings (SSSR count). The van der Waals surface area contributed by atoms with E-state index in [0.717, 1.165) is 6.42 Å². The molecule has 0 saturated carbocycles. The van der Waals surface area contributed by atoms with E-state index in [4.69, 9.17) is 5.11 Å². The van der Waals surface area contributed by atoms with Crippen molar-refractivity contribution in [3.05, 3.63) is 0 Å². The molecule has 0 atom stereocenters. The topological polar surface area (TPSA) is 54.4 Å². The fraction of sp³-hybridized carbons (Fsp3) is 0.818. The molecule has 0 aliphatic rings. The standard InChI is InChI=1S/C11H20O3/c1-4-7-9(12)8-11(5-2,6-3)10(13)14/h4-8H2,1-3H3,(H,13,14). The van der Waals surface area contributed by atoms with Gasteiger partial charge in [-0.15, -0.1) is 0 Å². The molecule has 1 N–H and O–H groups in total. The number of Topliss-reactive ketones (excluding diaryl/α,β-unsaturated/α-hetero) is 1. The lowest BCUT2D eigenvalue weighted by molar-refractivity contribution is -0.152. The SMILES string of the molecule is CCCC(=O)CC(CC)(CC)C(=O)O. The monoisotopic (exact) mass is 200 g/mol. The van der Waals surface area contributed by atoms with Gasteiger partial charge in [0, 0.05) is 12.8 Å². The van der Waals surface area contributed by atoms with E-state index in [1.54, 1.807) is 0 Å². The second kappa shape index (κ2) is 5.78. The van der Waals surface area contributed by atoms with Gasteiger partial charge >= 0.3 is 5.97 Å². The highest BCUT2D eigenvalue weighted by Crippen LogP contribution is 2.31. The van der Waals surface area contributed by atoms with E-state index in [9.17, 15) is 9.59 Å². The van der Waals surface area contributed by atoms with E-state index in [1.807, 2.05) is 20.8 Å². The summed E-state index contributed by atoms with van der Waals surface area (Å²) >= 11 is 0. The number of hydrogen-bond acceptors (Lipinski definition) is 2. The van der Waals surface area contributed by atoms with Gasteiger partial charge in [-0.05, 0) is 19.3 Å². The minimum Gasteiger partial charge on any atom is -0.481 e. The van der Waals surface area contributed by atoms with Crippen LogP contribution in [0.15, 0.2) is 0 Å². The van der Waals surface area contributed by atoms with E-state index in [1.165, 1.54) is 0 Å². The van der Waals surface area contributed by atoms with Crippen molar-refractivity contribution in [2.75, 3.05) is 0 Å². The third kappa shape index (κ3) is 3.13. The Bertz CT molecular complexity index is 205. The van der Waals surface area contributed by atoms with Crippen LogP contribution in [-0.4, -0.2) is 16.9 Å². The number of rotatable bonds is 7. The van der Waals surface area contributed by atoms with Crippen molar-refractivity contribution in [3.63, 3.8) is 0 Å². The molecule has 0 aromatic rings. The molecule has 0 heterocycles. The van der Waals surface area contributed by atoms with Crippen molar-refractivity contribution >= 4 is 11.8 Å². The number of ketones is 1. The Morgan fingerprint density at radius 1 is 1.14 bits per heavy atom. The summed E-state index contributed by atoms with van der Waals surface area (Å²) in [6.45, 7) is 5.59. The highest BCUT2D eigenvalue weighted by Gasteiger charge is 2.36. The highest BCUT2D eigenvalue weighted by molar-refractivity contribution is 5.86. The molecule has 0 saturated heterocycles. The lowest BCUT2D eigenvalue weighted by atomic mass is 9.77. The predicted molar refractivity (Wildman–Crippen MR) is 55.2 cm³/mol. The van der Waals surface area contributed by atoms with E-state index in [-0.39, 0.29) is 12.2 Å². The molecule has 0 aromatic carbocycles. The summed E-state index contributed by atoms with van der Waals surface area (Å²) < 4.78 is 0. The van der Waals surface area contributed by atoms with Crippen LogP contribution in [0.1, 0.15) is 52.9 Å². The van der Waals surface area contributed by atoms with Gasteiger partial charge in [-0.3, -0.25) is 9.59 Å². The molecule has 0 fully saturated rings. The maximum Gasteiger partial charge on any atom is 0.310 e. The van der Waals surface area contributed by atoms with Crippen LogP contribution in [0.5, 0.6) is 0 Å². The first-order chi connectivity index (χ1) is 6.52. The summed E-state index contributed by atoms with van der Waals surface area (Å²) in [6.07, 6.45) is 2.52. The molecule has 14 heavy (non-hydrogen) atoms. The molecule has 0 bridgehead atoms. The predicted octanol–water partition coefficient (Wildman–Crippen LogP) is 2.64. The molecule has 0 aromatic heterocycles. The van der Waals surface area contributed by atoms with Gasteiger partial charge in [0.2, 0.25) is 0 Å². The summed E-state index contributed by atoms with van der Waals surface area (Å²) in [4.78, 5) is 22.5. The van der Waals surface area contributed by atoms with Crippen LogP contribution < -0.4 is 0 Å². The normalized spacial score (nSPS) is 11.4. The van der Waals surface area contributed by atoms with Crippen molar-refractivity contribution in [3.8, 4) is 0 Å². The molecule has 0 radical (unpaired) electrons. The Kier molecular flexibility index (Phi) is 5.43. The van der Waals surface area contributed by atoms with E-state index < -0.39 is 11.4 Å². The number of carboxylic acid groups (broad SMARTS) is 1. The molecule has 0 aliphatic heterocycles. The molecule has 82 valence electrons. The molecule has 0 aliphatic carbocycles. The van der Waals surface area contributed by atoms with Crippen LogP contribution in [0.4, 0.5) is 0 Å². The lowest BCUT2D eigenvalue weighted by Crippen LogP contribution is -2.32. The summed E-state index contributed by atoms with van der Waals surface area (Å²) in [5.74, 6) is -0.773. The molecule has 3 nitrogen and oxygen atoms in total. The van der Waals surface area contributed by atoms with Crippen molar-refractivity contribution in [2.45, 2.75) is 52.9 Å². The summed E-state index contributed by atoms with van der Waals surface area (Å²) in [6, 6.07) is 0. The minimum absolute atomic E-state index is 0.0681. The van der Waals surface area contributed by atoms with Crippen LogP contribution in [0.2, 0.25) is 0 Å². The maximum absolute atomic E-state index is 11.4. The second-order valence-corrected chi connectivity index (χ2v) is 3.76. The fourth-order valence-corrected chi connectivity index (χ4v) is 1.62. The average Bonchev–Trinajstić information content (AvgIpc) is 2.14. The van der Waals surface area contributed by atoms with Crippen molar-refractivity contribution < 1.29 is 14.7 Å². The largest absolute Gasteiger partial charge is 0.481 e. The third-order valence-electron chi connectivity index (χ3n) is 2.87. The smallest absolute Gasteiger partial charge is 0.310 e. The fourth-order valence-electron chi connectivity index (χ4n) is 1.62. The summed E-state index contributed by atoms with van der Waals surface area (Å²) in [5.41, 5.74) is -0.827. The van der Waals surface area contributed by atoms with E-state index in [0.29, 0.717) is 19.3 Å². The summed E-state index contributed by atoms with van der Waals surface area (Å²) in [5, 5.41) is 9.09. The first kappa shape index (κ1) is 13.1. The molecule has 0 amide bonds. The number of hydrogen-bond donors (Lipinski definition) is 1. The second-order valence-electron chi connectivity index (χ2n) is 3.76. The first-order valence-electron chi connectivity index (χ1n) is 5.27. The van der Waals surface area contributed by atoms with Crippen molar-refractivity contribution in [1.82, 2.24) is 0 Å². The van der Waals surface area contributed by atoms with Gasteiger partial charge in [-0.25, -0.2) is 0 Å². The van der Waals surface area contributed by atoms with Crippen LogP contribution in [0, 0.1) is 5.41 Å². The molecule has 0 unspecified atom stereocenters.